The van der Waals surface area contributed by atoms with Crippen LogP contribution < -0.4 is 4.18 Å². The largest absolute Gasteiger partial charge is 0.534 e. The molecule has 28 heavy (non-hydrogen) atoms. The van der Waals surface area contributed by atoms with Gasteiger partial charge in [-0.15, -0.1) is 0 Å². The highest BCUT2D eigenvalue weighted by atomic mass is 32.2. The zero-order valence-corrected chi connectivity index (χ0v) is 16.3. The van der Waals surface area contributed by atoms with E-state index in [0.717, 1.165) is 38.0 Å². The van der Waals surface area contributed by atoms with Crippen molar-refractivity contribution in [2.45, 2.75) is 37.2 Å². The molecule has 0 saturated carbocycles. The van der Waals surface area contributed by atoms with Crippen LogP contribution in [0.25, 0.3) is 0 Å². The van der Waals surface area contributed by atoms with Crippen LogP contribution in [-0.4, -0.2) is 31.9 Å². The van der Waals surface area contributed by atoms with Crippen molar-refractivity contribution >= 4 is 10.1 Å². The van der Waals surface area contributed by atoms with Crippen LogP contribution in [0.2, 0.25) is 0 Å². The molecule has 4 nitrogen and oxygen atoms in total. The van der Waals surface area contributed by atoms with Crippen LogP contribution >= 0.6 is 0 Å². The van der Waals surface area contributed by atoms with Gasteiger partial charge < -0.3 is 4.18 Å². The zero-order valence-electron chi connectivity index (χ0n) is 15.4. The summed E-state index contributed by atoms with van der Waals surface area (Å²) in [5.41, 5.74) is -3.69. The minimum atomic E-state index is -5.67. The third-order valence-electron chi connectivity index (χ3n) is 5.23. The van der Waals surface area contributed by atoms with Gasteiger partial charge in [-0.3, -0.25) is 4.90 Å². The van der Waals surface area contributed by atoms with Crippen LogP contribution in [0.3, 0.4) is 0 Å². The smallest absolute Gasteiger partial charge is 0.376 e. The number of hydrogen-bond acceptors (Lipinski definition) is 4. The summed E-state index contributed by atoms with van der Waals surface area (Å²) < 4.78 is 64.4. The molecule has 2 aromatic carbocycles. The molecule has 3 rings (SSSR count). The standard InChI is InChI=1S/C20H22F3NO3S/c1-19(10-12-24(13-11-19)15-16-6-3-2-4-7-16)17-8-5-9-18(14-17)27-28(25,26)20(21,22)23/h2-9,14H,10-13,15H2,1H3. The molecule has 152 valence electrons. The predicted octanol–water partition coefficient (Wildman–Crippen LogP) is 4.47. The SMILES string of the molecule is CC1(c2cccc(OS(=O)(=O)C(F)(F)F)c2)CCN(Cc2ccccc2)CC1. The number of benzene rings is 2. The normalized spacial score (nSPS) is 18.0. The van der Waals surface area contributed by atoms with E-state index in [9.17, 15) is 21.6 Å². The molecule has 1 aliphatic rings. The molecule has 0 N–H and O–H groups in total. The van der Waals surface area contributed by atoms with Crippen molar-refractivity contribution in [2.75, 3.05) is 13.1 Å². The Balaban J connectivity index is 1.69. The van der Waals surface area contributed by atoms with Gasteiger partial charge in [0.1, 0.15) is 5.75 Å². The Hall–Kier alpha value is -2.06. The van der Waals surface area contributed by atoms with E-state index in [2.05, 4.69) is 21.2 Å². The molecule has 1 fully saturated rings. The lowest BCUT2D eigenvalue weighted by atomic mass is 9.74. The number of hydrogen-bond donors (Lipinski definition) is 0. The highest BCUT2D eigenvalue weighted by Gasteiger charge is 2.48. The third kappa shape index (κ3) is 4.67. The Bertz CT molecular complexity index is 906. The maximum atomic E-state index is 12.6. The quantitative estimate of drug-likeness (QED) is 0.536. The highest BCUT2D eigenvalue weighted by Crippen LogP contribution is 2.37. The number of nitrogens with zero attached hydrogens (tertiary/aromatic N) is 1. The summed E-state index contributed by atoms with van der Waals surface area (Å²) in [5.74, 6) is -0.317. The van der Waals surface area contributed by atoms with Crippen LogP contribution in [0.15, 0.2) is 54.6 Å². The molecule has 0 unspecified atom stereocenters. The zero-order chi connectivity index (χ0) is 20.4. The van der Waals surface area contributed by atoms with Gasteiger partial charge in [-0.05, 0) is 54.6 Å². The molecule has 0 spiro atoms. The molecule has 0 atom stereocenters. The van der Waals surface area contributed by atoms with Crippen molar-refractivity contribution in [1.82, 2.24) is 4.90 Å². The molecule has 1 heterocycles. The van der Waals surface area contributed by atoms with Crippen molar-refractivity contribution < 1.29 is 25.8 Å². The fourth-order valence-electron chi connectivity index (χ4n) is 3.43. The molecular weight excluding hydrogens is 391 g/mol. The average molecular weight is 413 g/mol. The minimum absolute atomic E-state index is 0.255. The van der Waals surface area contributed by atoms with E-state index in [1.54, 1.807) is 6.07 Å². The molecule has 2 aromatic rings. The number of piperidine rings is 1. The van der Waals surface area contributed by atoms with E-state index in [-0.39, 0.29) is 11.2 Å². The first-order valence-electron chi connectivity index (χ1n) is 8.97. The van der Waals surface area contributed by atoms with Gasteiger partial charge in [-0.25, -0.2) is 0 Å². The molecule has 8 heteroatoms. The Morgan fingerprint density at radius 2 is 1.68 bits per heavy atom. The second-order valence-corrected chi connectivity index (χ2v) is 8.87. The lowest BCUT2D eigenvalue weighted by Crippen LogP contribution is -2.40. The predicted molar refractivity (Wildman–Crippen MR) is 100 cm³/mol. The van der Waals surface area contributed by atoms with E-state index >= 15 is 0 Å². The first kappa shape index (κ1) is 20.7. The van der Waals surface area contributed by atoms with Crippen LogP contribution in [0, 0.1) is 0 Å². The fourth-order valence-corrected chi connectivity index (χ4v) is 3.88. The monoisotopic (exact) mass is 413 g/mol. The summed E-state index contributed by atoms with van der Waals surface area (Å²) >= 11 is 0. The Kier molecular flexibility index (Phi) is 5.72. The highest BCUT2D eigenvalue weighted by molar-refractivity contribution is 7.88. The molecule has 0 bridgehead atoms. The topological polar surface area (TPSA) is 46.6 Å². The maximum Gasteiger partial charge on any atom is 0.534 e. The van der Waals surface area contributed by atoms with Gasteiger partial charge in [0.15, 0.2) is 0 Å². The summed E-state index contributed by atoms with van der Waals surface area (Å²) in [6, 6.07) is 16.1. The summed E-state index contributed by atoms with van der Waals surface area (Å²) in [4.78, 5) is 2.34. The van der Waals surface area contributed by atoms with Crippen LogP contribution in [0.1, 0.15) is 30.9 Å². The summed E-state index contributed by atoms with van der Waals surface area (Å²) in [5, 5.41) is 0. The van der Waals surface area contributed by atoms with Crippen molar-refractivity contribution in [3.05, 3.63) is 65.7 Å². The summed E-state index contributed by atoms with van der Waals surface area (Å²) in [6.45, 7) is 4.59. The number of alkyl halides is 3. The van der Waals surface area contributed by atoms with Gasteiger partial charge in [0.05, 0.1) is 0 Å². The molecule has 1 aliphatic heterocycles. The van der Waals surface area contributed by atoms with Crippen LogP contribution in [-0.2, 0) is 22.1 Å². The van der Waals surface area contributed by atoms with Crippen molar-refractivity contribution in [3.8, 4) is 5.75 Å². The third-order valence-corrected chi connectivity index (χ3v) is 6.21. The second-order valence-electron chi connectivity index (χ2n) is 7.33. The van der Waals surface area contributed by atoms with E-state index in [4.69, 9.17) is 0 Å². The lowest BCUT2D eigenvalue weighted by Gasteiger charge is -2.40. The first-order valence-corrected chi connectivity index (χ1v) is 10.4. The van der Waals surface area contributed by atoms with E-state index < -0.39 is 15.6 Å². The Labute approximate surface area is 163 Å². The summed E-state index contributed by atoms with van der Waals surface area (Å²) in [7, 11) is -5.67. The van der Waals surface area contributed by atoms with Gasteiger partial charge in [-0.2, -0.15) is 21.6 Å². The second kappa shape index (κ2) is 7.75. The fraction of sp³-hybridized carbons (Fsp3) is 0.400. The van der Waals surface area contributed by atoms with Crippen molar-refractivity contribution in [2.24, 2.45) is 0 Å². The van der Waals surface area contributed by atoms with Crippen molar-refractivity contribution in [1.29, 1.82) is 0 Å². The van der Waals surface area contributed by atoms with Crippen LogP contribution in [0.4, 0.5) is 13.2 Å². The van der Waals surface area contributed by atoms with Gasteiger partial charge in [0, 0.05) is 6.54 Å². The Morgan fingerprint density at radius 3 is 2.29 bits per heavy atom. The molecule has 0 aliphatic carbocycles. The molecular formula is C20H22F3NO3S. The summed E-state index contributed by atoms with van der Waals surface area (Å²) in [6.07, 6.45) is 1.63. The van der Waals surface area contributed by atoms with E-state index in [1.165, 1.54) is 23.8 Å². The maximum absolute atomic E-state index is 12.6. The van der Waals surface area contributed by atoms with E-state index in [0.29, 0.717) is 0 Å². The van der Waals surface area contributed by atoms with Gasteiger partial charge in [0.25, 0.3) is 0 Å². The van der Waals surface area contributed by atoms with Gasteiger partial charge in [0.2, 0.25) is 0 Å². The number of likely N-dealkylation sites (tertiary alicyclic amines) is 1. The Morgan fingerprint density at radius 1 is 1.04 bits per heavy atom. The average Bonchev–Trinajstić information content (AvgIpc) is 2.64. The molecule has 1 saturated heterocycles. The van der Waals surface area contributed by atoms with Gasteiger partial charge >= 0.3 is 15.6 Å². The lowest BCUT2D eigenvalue weighted by molar-refractivity contribution is -0.0500. The molecule has 0 aromatic heterocycles. The number of halogens is 3. The minimum Gasteiger partial charge on any atom is -0.376 e. The van der Waals surface area contributed by atoms with E-state index in [1.807, 2.05) is 25.1 Å². The van der Waals surface area contributed by atoms with Gasteiger partial charge in [-0.1, -0.05) is 49.4 Å². The first-order chi connectivity index (χ1) is 13.1. The molecule has 0 radical (unpaired) electrons. The number of rotatable bonds is 5. The van der Waals surface area contributed by atoms with Crippen LogP contribution in [0.5, 0.6) is 5.75 Å². The van der Waals surface area contributed by atoms with Crippen molar-refractivity contribution in [3.63, 3.8) is 0 Å². The molecule has 0 amide bonds.